The molecule has 0 amide bonds. The summed E-state index contributed by atoms with van der Waals surface area (Å²) in [7, 11) is 2.33. The predicted molar refractivity (Wildman–Crippen MR) is 83.9 cm³/mol. The zero-order valence-corrected chi connectivity index (χ0v) is 13.4. The summed E-state index contributed by atoms with van der Waals surface area (Å²) in [5.41, 5.74) is 7.05. The molecule has 1 aromatic carbocycles. The molecule has 1 rings (SSSR count). The zero-order valence-electron chi connectivity index (χ0n) is 12.6. The van der Waals surface area contributed by atoms with Gasteiger partial charge in [-0.25, -0.2) is 0 Å². The summed E-state index contributed by atoms with van der Waals surface area (Å²) in [6.45, 7) is 2.14. The zero-order chi connectivity index (χ0) is 15.0. The lowest BCUT2D eigenvalue weighted by Gasteiger charge is -2.14. The van der Waals surface area contributed by atoms with Gasteiger partial charge in [0.05, 0.1) is 14.2 Å². The number of nitrogens with two attached hydrogens (primary N) is 1. The molecular formula is C15H25NO3S. The Morgan fingerprint density at radius 3 is 2.50 bits per heavy atom. The lowest BCUT2D eigenvalue weighted by molar-refractivity contribution is 0.354. The van der Waals surface area contributed by atoms with Gasteiger partial charge in [-0.2, -0.15) is 0 Å². The van der Waals surface area contributed by atoms with Crippen molar-refractivity contribution in [2.24, 2.45) is 5.73 Å². The monoisotopic (exact) mass is 299 g/mol. The van der Waals surface area contributed by atoms with E-state index in [9.17, 15) is 4.21 Å². The van der Waals surface area contributed by atoms with E-state index in [-0.39, 0.29) is 6.04 Å². The van der Waals surface area contributed by atoms with Crippen LogP contribution in [-0.2, 0) is 10.8 Å². The molecule has 0 bridgehead atoms. The van der Waals surface area contributed by atoms with Crippen LogP contribution in [0.5, 0.6) is 11.5 Å². The Kier molecular flexibility index (Phi) is 7.62. The molecule has 2 unspecified atom stereocenters. The Hall–Kier alpha value is -1.07. The fraction of sp³-hybridized carbons (Fsp3) is 0.600. The van der Waals surface area contributed by atoms with Crippen molar-refractivity contribution < 1.29 is 13.7 Å². The third-order valence-corrected chi connectivity index (χ3v) is 4.65. The fourth-order valence-corrected chi connectivity index (χ4v) is 3.26. The second kappa shape index (κ2) is 8.97. The Morgan fingerprint density at radius 1 is 1.20 bits per heavy atom. The van der Waals surface area contributed by atoms with E-state index in [1.807, 2.05) is 18.2 Å². The van der Waals surface area contributed by atoms with Gasteiger partial charge in [-0.15, -0.1) is 0 Å². The Balaban J connectivity index is 2.63. The number of rotatable bonds is 9. The van der Waals surface area contributed by atoms with E-state index < -0.39 is 10.8 Å². The van der Waals surface area contributed by atoms with Crippen LogP contribution < -0.4 is 15.2 Å². The van der Waals surface area contributed by atoms with Crippen LogP contribution in [0.2, 0.25) is 0 Å². The Morgan fingerprint density at radius 2 is 1.90 bits per heavy atom. The fourth-order valence-electron chi connectivity index (χ4n) is 1.98. The van der Waals surface area contributed by atoms with Crippen molar-refractivity contribution >= 4 is 10.8 Å². The van der Waals surface area contributed by atoms with Crippen LogP contribution in [0.4, 0.5) is 0 Å². The van der Waals surface area contributed by atoms with E-state index >= 15 is 0 Å². The highest BCUT2D eigenvalue weighted by molar-refractivity contribution is 7.85. The van der Waals surface area contributed by atoms with Crippen LogP contribution in [0.1, 0.15) is 37.8 Å². The molecule has 0 aliphatic rings. The van der Waals surface area contributed by atoms with Gasteiger partial charge in [0.25, 0.3) is 0 Å². The largest absolute Gasteiger partial charge is 0.493 e. The van der Waals surface area contributed by atoms with Gasteiger partial charge in [0.2, 0.25) is 0 Å². The molecule has 2 N–H and O–H groups in total. The van der Waals surface area contributed by atoms with Crippen molar-refractivity contribution in [3.05, 3.63) is 23.8 Å². The summed E-state index contributed by atoms with van der Waals surface area (Å²) in [5, 5.41) is 0. The minimum Gasteiger partial charge on any atom is -0.493 e. The summed E-state index contributed by atoms with van der Waals surface area (Å²) in [6.07, 6.45) is 3.26. The van der Waals surface area contributed by atoms with Crippen molar-refractivity contribution in [3.8, 4) is 11.5 Å². The van der Waals surface area contributed by atoms with Crippen molar-refractivity contribution in [1.29, 1.82) is 0 Å². The van der Waals surface area contributed by atoms with Crippen LogP contribution in [0, 0.1) is 0 Å². The summed E-state index contributed by atoms with van der Waals surface area (Å²) < 4.78 is 22.4. The second-order valence-corrected chi connectivity index (χ2v) is 6.36. The van der Waals surface area contributed by atoms with Crippen molar-refractivity contribution in [3.63, 3.8) is 0 Å². The van der Waals surface area contributed by atoms with Crippen LogP contribution in [0.15, 0.2) is 18.2 Å². The normalized spacial score (nSPS) is 13.8. The standard InChI is InChI=1S/C15H25NO3S/c1-4-5-6-9-20(17)11-13(16)12-7-8-14(18-2)15(10-12)19-3/h7-8,10,13H,4-6,9,11,16H2,1-3H3. The summed E-state index contributed by atoms with van der Waals surface area (Å²) in [5.74, 6) is 2.54. The Labute approximate surface area is 124 Å². The summed E-state index contributed by atoms with van der Waals surface area (Å²) in [6, 6.07) is 5.34. The molecule has 0 aliphatic carbocycles. The topological polar surface area (TPSA) is 61.6 Å². The van der Waals surface area contributed by atoms with Crippen LogP contribution >= 0.6 is 0 Å². The first-order chi connectivity index (χ1) is 9.62. The number of unbranched alkanes of at least 4 members (excludes halogenated alkanes) is 2. The molecule has 0 fully saturated rings. The van der Waals surface area contributed by atoms with E-state index in [1.54, 1.807) is 14.2 Å². The lowest BCUT2D eigenvalue weighted by atomic mass is 10.1. The number of ether oxygens (including phenoxy) is 2. The minimum atomic E-state index is -0.865. The highest BCUT2D eigenvalue weighted by atomic mass is 32.2. The van der Waals surface area contributed by atoms with E-state index in [0.29, 0.717) is 17.3 Å². The maximum atomic E-state index is 12.0. The van der Waals surface area contributed by atoms with Gasteiger partial charge in [0.1, 0.15) is 0 Å². The first kappa shape index (κ1) is 17.0. The van der Waals surface area contributed by atoms with Gasteiger partial charge in [-0.3, -0.25) is 4.21 Å². The molecule has 0 saturated carbocycles. The highest BCUT2D eigenvalue weighted by Gasteiger charge is 2.13. The van der Waals surface area contributed by atoms with Gasteiger partial charge in [0.15, 0.2) is 11.5 Å². The summed E-state index contributed by atoms with van der Waals surface area (Å²) in [4.78, 5) is 0. The van der Waals surface area contributed by atoms with E-state index in [0.717, 1.165) is 30.6 Å². The molecule has 114 valence electrons. The quantitative estimate of drug-likeness (QED) is 0.712. The van der Waals surface area contributed by atoms with E-state index in [1.165, 1.54) is 0 Å². The van der Waals surface area contributed by atoms with Gasteiger partial charge >= 0.3 is 0 Å². The third kappa shape index (κ3) is 5.13. The first-order valence-electron chi connectivity index (χ1n) is 6.94. The predicted octanol–water partition coefficient (Wildman–Crippen LogP) is 2.64. The van der Waals surface area contributed by atoms with Crippen molar-refractivity contribution in [1.82, 2.24) is 0 Å². The van der Waals surface area contributed by atoms with Gasteiger partial charge in [0, 0.05) is 28.3 Å². The maximum absolute atomic E-state index is 12.0. The SMILES string of the molecule is CCCCCS(=O)CC(N)c1ccc(OC)c(OC)c1. The molecular weight excluding hydrogens is 274 g/mol. The van der Waals surface area contributed by atoms with Crippen LogP contribution in [0.3, 0.4) is 0 Å². The van der Waals surface area contributed by atoms with Crippen molar-refractivity contribution in [2.45, 2.75) is 32.2 Å². The molecule has 0 saturated heterocycles. The number of hydrogen-bond donors (Lipinski definition) is 1. The molecule has 0 aliphatic heterocycles. The highest BCUT2D eigenvalue weighted by Crippen LogP contribution is 2.29. The average molecular weight is 299 g/mol. The molecule has 5 heteroatoms. The van der Waals surface area contributed by atoms with Crippen LogP contribution in [0.25, 0.3) is 0 Å². The van der Waals surface area contributed by atoms with Gasteiger partial charge in [-0.1, -0.05) is 25.8 Å². The molecule has 0 radical (unpaired) electrons. The average Bonchev–Trinajstić information content (AvgIpc) is 2.46. The van der Waals surface area contributed by atoms with E-state index in [4.69, 9.17) is 15.2 Å². The number of hydrogen-bond acceptors (Lipinski definition) is 4. The van der Waals surface area contributed by atoms with E-state index in [2.05, 4.69) is 6.92 Å². The third-order valence-electron chi connectivity index (χ3n) is 3.18. The Bertz CT molecular complexity index is 437. The lowest BCUT2D eigenvalue weighted by Crippen LogP contribution is -2.19. The van der Waals surface area contributed by atoms with Gasteiger partial charge < -0.3 is 15.2 Å². The summed E-state index contributed by atoms with van der Waals surface area (Å²) >= 11 is 0. The maximum Gasteiger partial charge on any atom is 0.161 e. The molecule has 0 heterocycles. The molecule has 20 heavy (non-hydrogen) atoms. The molecule has 2 atom stereocenters. The first-order valence-corrected chi connectivity index (χ1v) is 8.43. The van der Waals surface area contributed by atoms with Crippen molar-refractivity contribution in [2.75, 3.05) is 25.7 Å². The molecule has 1 aromatic rings. The van der Waals surface area contributed by atoms with Crippen LogP contribution in [-0.4, -0.2) is 29.9 Å². The minimum absolute atomic E-state index is 0.239. The molecule has 0 spiro atoms. The smallest absolute Gasteiger partial charge is 0.161 e. The number of benzene rings is 1. The second-order valence-electron chi connectivity index (χ2n) is 4.74. The van der Waals surface area contributed by atoms with Gasteiger partial charge in [-0.05, 0) is 24.1 Å². The molecule has 0 aromatic heterocycles. The number of methoxy groups -OCH3 is 2. The molecule has 4 nitrogen and oxygen atoms in total.